The summed E-state index contributed by atoms with van der Waals surface area (Å²) in [6, 6.07) is 0. The van der Waals surface area contributed by atoms with Gasteiger partial charge in [0.15, 0.2) is 11.6 Å². The van der Waals surface area contributed by atoms with Crippen molar-refractivity contribution in [2.45, 2.75) is 6.17 Å². The number of methoxy groups -OCH3 is 1. The number of alkyl halides is 1. The van der Waals surface area contributed by atoms with E-state index in [4.69, 9.17) is 10.5 Å². The van der Waals surface area contributed by atoms with Gasteiger partial charge in [-0.1, -0.05) is 0 Å². The predicted octanol–water partition coefficient (Wildman–Crippen LogP) is 0.225. The molecule has 2 heterocycles. The van der Waals surface area contributed by atoms with Gasteiger partial charge in [-0.3, -0.25) is 0 Å². The summed E-state index contributed by atoms with van der Waals surface area (Å²) in [5.41, 5.74) is 5.59. The van der Waals surface area contributed by atoms with Crippen molar-refractivity contribution in [3.63, 3.8) is 0 Å². The molecule has 0 bridgehead atoms. The van der Waals surface area contributed by atoms with Crippen molar-refractivity contribution in [3.8, 4) is 5.75 Å². The van der Waals surface area contributed by atoms with Crippen LogP contribution in [0, 0.1) is 0 Å². The van der Waals surface area contributed by atoms with Crippen LogP contribution in [0.2, 0.25) is 0 Å². The Hall–Kier alpha value is -1.59. The van der Waals surface area contributed by atoms with E-state index < -0.39 is 6.17 Å². The number of nitrogens with zero attached hydrogens (tertiary/aromatic N) is 3. The summed E-state index contributed by atoms with van der Waals surface area (Å²) in [6.45, 7) is 0.678. The second kappa shape index (κ2) is 3.28. The predicted molar refractivity (Wildman–Crippen MR) is 50.1 cm³/mol. The van der Waals surface area contributed by atoms with Gasteiger partial charge >= 0.3 is 0 Å². The minimum absolute atomic E-state index is 0.278. The first kappa shape index (κ1) is 8.98. The first-order valence-electron chi connectivity index (χ1n) is 4.26. The summed E-state index contributed by atoms with van der Waals surface area (Å²) in [5, 5.41) is 0. The third kappa shape index (κ3) is 1.43. The molecule has 1 aliphatic rings. The smallest absolute Gasteiger partial charge is 0.227 e. The molecule has 0 spiro atoms. The minimum atomic E-state index is -0.776. The van der Waals surface area contributed by atoms with E-state index in [1.165, 1.54) is 13.3 Å². The van der Waals surface area contributed by atoms with E-state index >= 15 is 0 Å². The Bertz CT molecular complexity index is 340. The van der Waals surface area contributed by atoms with Crippen molar-refractivity contribution >= 4 is 11.8 Å². The van der Waals surface area contributed by atoms with Gasteiger partial charge in [0.1, 0.15) is 6.17 Å². The maximum Gasteiger partial charge on any atom is 0.227 e. The highest BCUT2D eigenvalue weighted by molar-refractivity contribution is 5.49. The Kier molecular flexibility index (Phi) is 2.11. The van der Waals surface area contributed by atoms with Gasteiger partial charge in [-0.2, -0.15) is 4.98 Å². The molecule has 1 aromatic heterocycles. The van der Waals surface area contributed by atoms with Crippen LogP contribution < -0.4 is 15.4 Å². The third-order valence-corrected chi connectivity index (χ3v) is 2.11. The quantitative estimate of drug-likeness (QED) is 0.736. The van der Waals surface area contributed by atoms with Crippen molar-refractivity contribution in [3.05, 3.63) is 6.20 Å². The zero-order chi connectivity index (χ0) is 10.1. The number of hydrogen-bond donors (Lipinski definition) is 1. The van der Waals surface area contributed by atoms with Gasteiger partial charge in [0.2, 0.25) is 5.95 Å². The molecule has 0 radical (unpaired) electrons. The van der Waals surface area contributed by atoms with E-state index in [0.29, 0.717) is 24.8 Å². The summed E-state index contributed by atoms with van der Waals surface area (Å²) < 4.78 is 17.5. The maximum absolute atomic E-state index is 12.5. The van der Waals surface area contributed by atoms with Gasteiger partial charge in [0, 0.05) is 0 Å². The Labute approximate surface area is 80.7 Å². The highest BCUT2D eigenvalue weighted by Gasteiger charge is 2.28. The Balaban J connectivity index is 2.16. The molecular weight excluding hydrogens is 187 g/mol. The molecule has 0 unspecified atom stereocenters. The van der Waals surface area contributed by atoms with Crippen LogP contribution in [-0.4, -0.2) is 36.3 Å². The van der Waals surface area contributed by atoms with E-state index in [0.717, 1.165) is 0 Å². The lowest BCUT2D eigenvalue weighted by Gasteiger charge is -2.34. The second-order valence-corrected chi connectivity index (χ2v) is 3.13. The minimum Gasteiger partial charge on any atom is -0.491 e. The Morgan fingerprint density at radius 1 is 1.64 bits per heavy atom. The summed E-state index contributed by atoms with van der Waals surface area (Å²) >= 11 is 0. The molecule has 1 saturated heterocycles. The summed E-state index contributed by atoms with van der Waals surface area (Å²) in [4.78, 5) is 9.73. The first-order valence-corrected chi connectivity index (χ1v) is 4.26. The molecule has 1 aromatic rings. The average Bonchev–Trinajstić information content (AvgIpc) is 2.13. The maximum atomic E-state index is 12.5. The van der Waals surface area contributed by atoms with Gasteiger partial charge in [-0.25, -0.2) is 9.37 Å². The van der Waals surface area contributed by atoms with Crippen LogP contribution in [0.25, 0.3) is 0 Å². The van der Waals surface area contributed by atoms with Gasteiger partial charge in [-0.15, -0.1) is 0 Å². The van der Waals surface area contributed by atoms with E-state index in [9.17, 15) is 4.39 Å². The van der Waals surface area contributed by atoms with Crippen molar-refractivity contribution < 1.29 is 9.13 Å². The highest BCUT2D eigenvalue weighted by atomic mass is 19.1. The topological polar surface area (TPSA) is 64.3 Å². The molecule has 1 fully saturated rings. The van der Waals surface area contributed by atoms with Crippen LogP contribution in [0.3, 0.4) is 0 Å². The summed E-state index contributed by atoms with van der Waals surface area (Å²) in [7, 11) is 1.50. The van der Waals surface area contributed by atoms with Crippen LogP contribution in [0.1, 0.15) is 0 Å². The number of hydrogen-bond acceptors (Lipinski definition) is 5. The highest BCUT2D eigenvalue weighted by Crippen LogP contribution is 2.23. The standard InChI is InChI=1S/C8H11FN4O/c1-14-6-2-11-8(12-7(6)10)13-3-5(9)4-13/h2,5H,3-4H2,1H3,(H2,10,11,12). The third-order valence-electron chi connectivity index (χ3n) is 2.11. The number of aromatic nitrogens is 2. The molecule has 0 saturated carbocycles. The lowest BCUT2D eigenvalue weighted by molar-refractivity contribution is 0.272. The monoisotopic (exact) mass is 198 g/mol. The SMILES string of the molecule is COc1cnc(N2CC(F)C2)nc1N. The fourth-order valence-corrected chi connectivity index (χ4v) is 1.27. The Morgan fingerprint density at radius 2 is 2.36 bits per heavy atom. The van der Waals surface area contributed by atoms with E-state index in [2.05, 4.69) is 9.97 Å². The van der Waals surface area contributed by atoms with Gasteiger partial charge in [0.05, 0.1) is 26.4 Å². The molecule has 2 rings (SSSR count). The fourth-order valence-electron chi connectivity index (χ4n) is 1.27. The number of halogens is 1. The molecule has 0 aromatic carbocycles. The molecular formula is C8H11FN4O. The molecule has 1 aliphatic heterocycles. The zero-order valence-corrected chi connectivity index (χ0v) is 7.77. The van der Waals surface area contributed by atoms with Gasteiger partial charge in [0.25, 0.3) is 0 Å². The number of nitrogens with two attached hydrogens (primary N) is 1. The van der Waals surface area contributed by atoms with Crippen molar-refractivity contribution in [1.82, 2.24) is 9.97 Å². The van der Waals surface area contributed by atoms with Crippen LogP contribution >= 0.6 is 0 Å². The van der Waals surface area contributed by atoms with Crippen molar-refractivity contribution in [1.29, 1.82) is 0 Å². The molecule has 0 atom stereocenters. The van der Waals surface area contributed by atoms with E-state index in [1.807, 2.05) is 0 Å². The number of nitrogen functional groups attached to an aromatic ring is 1. The Morgan fingerprint density at radius 3 is 2.86 bits per heavy atom. The molecule has 0 aliphatic carbocycles. The normalized spacial score (nSPS) is 16.6. The number of ether oxygens (including phenoxy) is 1. The van der Waals surface area contributed by atoms with E-state index in [-0.39, 0.29) is 5.82 Å². The van der Waals surface area contributed by atoms with Crippen LogP contribution in [-0.2, 0) is 0 Å². The molecule has 76 valence electrons. The molecule has 6 heteroatoms. The molecule has 0 amide bonds. The summed E-state index contributed by atoms with van der Waals surface area (Å²) in [5.74, 6) is 1.17. The van der Waals surface area contributed by atoms with Gasteiger partial charge in [-0.05, 0) is 0 Å². The van der Waals surface area contributed by atoms with Crippen LogP contribution in [0.5, 0.6) is 5.75 Å². The first-order chi connectivity index (χ1) is 6.70. The fraction of sp³-hybridized carbons (Fsp3) is 0.500. The van der Waals surface area contributed by atoms with E-state index in [1.54, 1.807) is 4.90 Å². The van der Waals surface area contributed by atoms with Gasteiger partial charge < -0.3 is 15.4 Å². The second-order valence-electron chi connectivity index (χ2n) is 3.13. The van der Waals surface area contributed by atoms with Crippen LogP contribution in [0.4, 0.5) is 16.2 Å². The molecule has 2 N–H and O–H groups in total. The lowest BCUT2D eigenvalue weighted by atomic mass is 10.2. The zero-order valence-electron chi connectivity index (χ0n) is 7.77. The van der Waals surface area contributed by atoms with Crippen molar-refractivity contribution in [2.75, 3.05) is 30.8 Å². The summed E-state index contributed by atoms with van der Waals surface area (Å²) in [6.07, 6.45) is 0.713. The lowest BCUT2D eigenvalue weighted by Crippen LogP contribution is -2.49. The largest absolute Gasteiger partial charge is 0.491 e. The van der Waals surface area contributed by atoms with Crippen LogP contribution in [0.15, 0.2) is 6.20 Å². The molecule has 5 nitrogen and oxygen atoms in total. The average molecular weight is 198 g/mol. The number of rotatable bonds is 2. The molecule has 14 heavy (non-hydrogen) atoms. The number of anilines is 2. The van der Waals surface area contributed by atoms with Crippen molar-refractivity contribution in [2.24, 2.45) is 0 Å².